The van der Waals surface area contributed by atoms with Crippen molar-refractivity contribution < 1.29 is 8.78 Å². The maximum absolute atomic E-state index is 12.5. The van der Waals surface area contributed by atoms with Crippen LogP contribution in [-0.2, 0) is 0 Å². The van der Waals surface area contributed by atoms with Crippen LogP contribution in [0.5, 0.6) is 0 Å². The molecule has 0 atom stereocenters. The Labute approximate surface area is 66.3 Å². The van der Waals surface area contributed by atoms with Gasteiger partial charge in [0.1, 0.15) is 0 Å². The van der Waals surface area contributed by atoms with Gasteiger partial charge in [-0.15, -0.1) is 0 Å². The fraction of sp³-hybridized carbons (Fsp3) is 0. The molecule has 0 saturated carbocycles. The predicted octanol–water partition coefficient (Wildman–Crippen LogP) is 2.37. The lowest BCUT2D eigenvalue weighted by Crippen LogP contribution is -1.85. The number of rotatable bonds is 0. The lowest BCUT2D eigenvalue weighted by molar-refractivity contribution is 0.510. The van der Waals surface area contributed by atoms with E-state index in [1.807, 2.05) is 0 Å². The van der Waals surface area contributed by atoms with Gasteiger partial charge in [0.05, 0.1) is 23.5 Å². The Morgan fingerprint density at radius 3 is 1.91 bits per heavy atom. The molecule has 5 heteroatoms. The van der Waals surface area contributed by atoms with E-state index in [1.54, 1.807) is 0 Å². The molecule has 2 N–H and O–H groups in total. The summed E-state index contributed by atoms with van der Waals surface area (Å²) in [6, 6.07) is 2.25. The third kappa shape index (κ3) is 1.01. The van der Waals surface area contributed by atoms with E-state index in [4.69, 9.17) is 0 Å². The zero-order chi connectivity index (χ0) is 7.84. The highest BCUT2D eigenvalue weighted by Crippen LogP contribution is 2.33. The molecule has 0 spiro atoms. The number of halogens is 2. The number of fused-ring (bicyclic) bond motifs is 1. The van der Waals surface area contributed by atoms with Gasteiger partial charge in [-0.3, -0.25) is 0 Å². The molecule has 2 nitrogen and oxygen atoms in total. The molecule has 1 aromatic rings. The molecule has 0 aromatic heterocycles. The third-order valence-corrected chi connectivity index (χ3v) is 2.03. The second-order valence-corrected chi connectivity index (χ2v) is 2.73. The molecule has 0 radical (unpaired) electrons. The number of hydrogen-bond acceptors (Lipinski definition) is 3. The molecule has 1 aliphatic rings. The molecule has 0 amide bonds. The summed E-state index contributed by atoms with van der Waals surface area (Å²) in [4.78, 5) is 0. The predicted molar refractivity (Wildman–Crippen MR) is 41.2 cm³/mol. The lowest BCUT2D eigenvalue weighted by Gasteiger charge is -1.97. The summed E-state index contributed by atoms with van der Waals surface area (Å²) in [7, 11) is 0. The van der Waals surface area contributed by atoms with Crippen molar-refractivity contribution in [1.29, 1.82) is 0 Å². The van der Waals surface area contributed by atoms with Crippen molar-refractivity contribution in [2.75, 3.05) is 9.44 Å². The Balaban J connectivity index is 2.57. The summed E-state index contributed by atoms with van der Waals surface area (Å²) < 4.78 is 30.6. The van der Waals surface area contributed by atoms with Crippen LogP contribution in [0.1, 0.15) is 0 Å². The van der Waals surface area contributed by atoms with Crippen LogP contribution in [0.25, 0.3) is 0 Å². The minimum absolute atomic E-state index is 0.578. The minimum Gasteiger partial charge on any atom is -0.310 e. The summed E-state index contributed by atoms with van der Waals surface area (Å²) in [5, 5.41) is 0. The molecule has 1 aromatic carbocycles. The van der Waals surface area contributed by atoms with Gasteiger partial charge < -0.3 is 9.44 Å². The highest BCUT2D eigenvalue weighted by Gasteiger charge is 2.13. The fourth-order valence-electron chi connectivity index (χ4n) is 0.851. The topological polar surface area (TPSA) is 24.1 Å². The van der Waals surface area contributed by atoms with Gasteiger partial charge in [0.25, 0.3) is 0 Å². The molecule has 1 heterocycles. The van der Waals surface area contributed by atoms with Crippen LogP contribution in [0.3, 0.4) is 0 Å². The van der Waals surface area contributed by atoms with Crippen molar-refractivity contribution in [3.63, 3.8) is 0 Å². The largest absolute Gasteiger partial charge is 0.310 e. The second kappa shape index (κ2) is 2.27. The number of hydrogen-bond donors (Lipinski definition) is 2. The van der Waals surface area contributed by atoms with Gasteiger partial charge in [-0.2, -0.15) is 0 Å². The van der Waals surface area contributed by atoms with Crippen LogP contribution in [0.15, 0.2) is 12.1 Å². The van der Waals surface area contributed by atoms with E-state index in [-0.39, 0.29) is 0 Å². The average molecular weight is 174 g/mol. The van der Waals surface area contributed by atoms with Crippen LogP contribution in [0.2, 0.25) is 0 Å². The molecule has 0 fully saturated rings. The van der Waals surface area contributed by atoms with E-state index < -0.39 is 11.6 Å². The van der Waals surface area contributed by atoms with Crippen molar-refractivity contribution in [3.8, 4) is 0 Å². The van der Waals surface area contributed by atoms with Gasteiger partial charge in [-0.25, -0.2) is 8.78 Å². The summed E-state index contributed by atoms with van der Waals surface area (Å²) in [6.45, 7) is 0. The molecule has 0 aliphatic carbocycles. The SMILES string of the molecule is Fc1cc2c(cc1F)NSN2. The molecule has 58 valence electrons. The maximum Gasteiger partial charge on any atom is 0.161 e. The van der Waals surface area contributed by atoms with Crippen LogP contribution >= 0.6 is 12.1 Å². The first-order valence-electron chi connectivity index (χ1n) is 2.94. The molecule has 0 bridgehead atoms. The van der Waals surface area contributed by atoms with Gasteiger partial charge in [0.2, 0.25) is 0 Å². The minimum atomic E-state index is -0.833. The van der Waals surface area contributed by atoms with E-state index in [0.717, 1.165) is 12.1 Å². The van der Waals surface area contributed by atoms with E-state index in [0.29, 0.717) is 11.4 Å². The van der Waals surface area contributed by atoms with Crippen LogP contribution in [-0.4, -0.2) is 0 Å². The summed E-state index contributed by atoms with van der Waals surface area (Å²) in [5.41, 5.74) is 1.16. The molecule has 0 unspecified atom stereocenters. The fourth-order valence-corrected chi connectivity index (χ4v) is 1.46. The molecule has 2 rings (SSSR count). The normalized spacial score (nSPS) is 13.6. The average Bonchev–Trinajstić information content (AvgIpc) is 2.36. The number of nitrogens with one attached hydrogen (secondary N) is 2. The van der Waals surface area contributed by atoms with Crippen molar-refractivity contribution >= 4 is 23.5 Å². The third-order valence-electron chi connectivity index (χ3n) is 1.38. The van der Waals surface area contributed by atoms with E-state index in [1.165, 1.54) is 12.1 Å². The number of anilines is 2. The Kier molecular flexibility index (Phi) is 1.38. The maximum atomic E-state index is 12.5. The van der Waals surface area contributed by atoms with Gasteiger partial charge in [0, 0.05) is 12.1 Å². The van der Waals surface area contributed by atoms with Gasteiger partial charge in [-0.05, 0) is 0 Å². The van der Waals surface area contributed by atoms with Crippen molar-refractivity contribution in [2.24, 2.45) is 0 Å². The summed E-state index contributed by atoms with van der Waals surface area (Å²) >= 11 is 1.19. The highest BCUT2D eigenvalue weighted by molar-refractivity contribution is 8.02. The van der Waals surface area contributed by atoms with E-state index in [2.05, 4.69) is 9.44 Å². The van der Waals surface area contributed by atoms with Crippen LogP contribution < -0.4 is 9.44 Å². The van der Waals surface area contributed by atoms with Crippen molar-refractivity contribution in [2.45, 2.75) is 0 Å². The monoisotopic (exact) mass is 174 g/mol. The Morgan fingerprint density at radius 2 is 1.45 bits per heavy atom. The first-order valence-corrected chi connectivity index (χ1v) is 3.76. The van der Waals surface area contributed by atoms with Crippen molar-refractivity contribution in [3.05, 3.63) is 23.8 Å². The second-order valence-electron chi connectivity index (χ2n) is 2.12. The standard InChI is InChI=1S/C6H4F2N2S/c7-3-1-5-6(2-4(3)8)10-11-9-5/h1-2,9-10H. The smallest absolute Gasteiger partial charge is 0.161 e. The summed E-state index contributed by atoms with van der Waals surface area (Å²) in [5.74, 6) is -1.67. The Morgan fingerprint density at radius 1 is 1.00 bits per heavy atom. The van der Waals surface area contributed by atoms with Crippen LogP contribution in [0, 0.1) is 11.6 Å². The van der Waals surface area contributed by atoms with Gasteiger partial charge in [-0.1, -0.05) is 0 Å². The zero-order valence-corrected chi connectivity index (χ0v) is 6.14. The first kappa shape index (κ1) is 6.72. The Bertz CT molecular complexity index is 274. The summed E-state index contributed by atoms with van der Waals surface area (Å²) in [6.07, 6.45) is 0. The van der Waals surface area contributed by atoms with E-state index >= 15 is 0 Å². The van der Waals surface area contributed by atoms with Gasteiger partial charge >= 0.3 is 0 Å². The molecule has 1 aliphatic heterocycles. The zero-order valence-electron chi connectivity index (χ0n) is 5.32. The van der Waals surface area contributed by atoms with Gasteiger partial charge in [0.15, 0.2) is 11.6 Å². The molecule has 11 heavy (non-hydrogen) atoms. The Hall–Kier alpha value is -0.970. The molecular weight excluding hydrogens is 170 g/mol. The van der Waals surface area contributed by atoms with E-state index in [9.17, 15) is 8.78 Å². The first-order chi connectivity index (χ1) is 5.27. The highest BCUT2D eigenvalue weighted by atomic mass is 32.2. The number of benzene rings is 1. The molecular formula is C6H4F2N2S. The molecule has 0 saturated heterocycles. The van der Waals surface area contributed by atoms with Crippen LogP contribution in [0.4, 0.5) is 20.2 Å². The van der Waals surface area contributed by atoms with Crippen molar-refractivity contribution in [1.82, 2.24) is 0 Å². The quantitative estimate of drug-likeness (QED) is 0.590. The lowest BCUT2D eigenvalue weighted by atomic mass is 10.2.